The zero-order chi connectivity index (χ0) is 18.6. The van der Waals surface area contributed by atoms with Crippen molar-refractivity contribution in [2.45, 2.75) is 44.4 Å². The van der Waals surface area contributed by atoms with Gasteiger partial charge >= 0.3 is 0 Å². The molecule has 2 amide bonds. The molecule has 0 radical (unpaired) electrons. The zero-order valence-corrected chi connectivity index (χ0v) is 16.9. The van der Waals surface area contributed by atoms with Crippen LogP contribution in [-0.4, -0.2) is 39.1 Å². The summed E-state index contributed by atoms with van der Waals surface area (Å²) in [7, 11) is -3.63. The maximum absolute atomic E-state index is 12.7. The maximum atomic E-state index is 12.7. The number of nitrogens with zero attached hydrogens (tertiary/aromatic N) is 1. The average Bonchev–Trinajstić information content (AvgIpc) is 2.95. The molecule has 0 fully saturated rings. The van der Waals surface area contributed by atoms with E-state index in [1.165, 1.54) is 13.0 Å². The maximum Gasteiger partial charge on any atom is 0.223 e. The molecule has 0 bridgehead atoms. The fourth-order valence-corrected chi connectivity index (χ4v) is 5.24. The van der Waals surface area contributed by atoms with Crippen molar-refractivity contribution in [3.8, 4) is 0 Å². The minimum absolute atomic E-state index is 0.0774. The lowest BCUT2D eigenvalue weighted by Gasteiger charge is -2.16. The lowest BCUT2D eigenvalue weighted by atomic mass is 10.2. The summed E-state index contributed by atoms with van der Waals surface area (Å²) in [5.74, 6) is -0.637. The molecule has 0 aliphatic carbocycles. The van der Waals surface area contributed by atoms with Crippen LogP contribution in [0.1, 0.15) is 38.7 Å². The highest BCUT2D eigenvalue weighted by molar-refractivity contribution is 9.10. The smallest absolute Gasteiger partial charge is 0.223 e. The minimum atomic E-state index is -3.63. The molecule has 138 valence electrons. The Bertz CT molecular complexity index is 777. The number of fused-ring (bicyclic) bond motifs is 1. The van der Waals surface area contributed by atoms with Crippen LogP contribution >= 0.6 is 15.9 Å². The van der Waals surface area contributed by atoms with Crippen LogP contribution in [0.25, 0.3) is 0 Å². The predicted octanol–water partition coefficient (Wildman–Crippen LogP) is 2.44. The molecule has 0 spiro atoms. The number of amides is 2. The van der Waals surface area contributed by atoms with Gasteiger partial charge < -0.3 is 10.2 Å². The monoisotopic (exact) mass is 430 g/mol. The van der Waals surface area contributed by atoms with Gasteiger partial charge in [0.1, 0.15) is 0 Å². The van der Waals surface area contributed by atoms with Crippen molar-refractivity contribution in [1.29, 1.82) is 0 Å². The van der Waals surface area contributed by atoms with Crippen LogP contribution in [0, 0.1) is 0 Å². The van der Waals surface area contributed by atoms with Crippen LogP contribution in [-0.2, 0) is 25.8 Å². The van der Waals surface area contributed by atoms with Crippen molar-refractivity contribution in [2.75, 3.05) is 23.7 Å². The van der Waals surface area contributed by atoms with Crippen LogP contribution < -0.4 is 10.2 Å². The third kappa shape index (κ3) is 4.82. The normalized spacial score (nSPS) is 13.6. The first-order valence-corrected chi connectivity index (χ1v) is 10.8. The van der Waals surface area contributed by atoms with Crippen LogP contribution in [0.3, 0.4) is 0 Å². The van der Waals surface area contributed by atoms with Gasteiger partial charge in [-0.15, -0.1) is 0 Å². The molecule has 25 heavy (non-hydrogen) atoms. The fourth-order valence-electron chi connectivity index (χ4n) is 2.78. The first kappa shape index (κ1) is 19.9. The number of hydrogen-bond donors (Lipinski definition) is 1. The predicted molar refractivity (Wildman–Crippen MR) is 100 cm³/mol. The number of halogens is 1. The fraction of sp³-hybridized carbons (Fsp3) is 0.529. The van der Waals surface area contributed by atoms with Crippen molar-refractivity contribution in [3.05, 3.63) is 22.2 Å². The Morgan fingerprint density at radius 3 is 2.68 bits per heavy atom. The minimum Gasteiger partial charge on any atom is -0.356 e. The van der Waals surface area contributed by atoms with Gasteiger partial charge in [-0.2, -0.15) is 0 Å². The number of sulfone groups is 1. The van der Waals surface area contributed by atoms with E-state index < -0.39 is 9.84 Å². The average molecular weight is 431 g/mol. The molecule has 0 saturated carbocycles. The molecule has 8 heteroatoms. The highest BCUT2D eigenvalue weighted by atomic mass is 79.9. The Kier molecular flexibility index (Phi) is 6.62. The van der Waals surface area contributed by atoms with Gasteiger partial charge in [-0.25, -0.2) is 8.42 Å². The Balaban J connectivity index is 2.15. The topological polar surface area (TPSA) is 83.6 Å². The Morgan fingerprint density at radius 1 is 1.32 bits per heavy atom. The summed E-state index contributed by atoms with van der Waals surface area (Å²) < 4.78 is 25.8. The largest absolute Gasteiger partial charge is 0.356 e. The van der Waals surface area contributed by atoms with Crippen molar-refractivity contribution >= 4 is 43.3 Å². The quantitative estimate of drug-likeness (QED) is 0.673. The van der Waals surface area contributed by atoms with E-state index in [0.29, 0.717) is 29.7 Å². The number of unbranched alkanes of at least 4 members (excludes halogenated alkanes) is 1. The number of anilines is 1. The van der Waals surface area contributed by atoms with Crippen molar-refractivity contribution in [1.82, 2.24) is 5.32 Å². The Morgan fingerprint density at radius 2 is 2.04 bits per heavy atom. The second-order valence-electron chi connectivity index (χ2n) is 6.10. The lowest BCUT2D eigenvalue weighted by molar-refractivity contribution is -0.120. The molecule has 1 aromatic rings. The van der Waals surface area contributed by atoms with Gasteiger partial charge in [0, 0.05) is 36.6 Å². The van der Waals surface area contributed by atoms with Crippen molar-refractivity contribution in [2.24, 2.45) is 0 Å². The van der Waals surface area contributed by atoms with Gasteiger partial charge in [-0.05, 0) is 46.5 Å². The number of nitrogens with one attached hydrogen (secondary N) is 1. The van der Waals surface area contributed by atoms with E-state index in [0.717, 1.165) is 18.4 Å². The summed E-state index contributed by atoms with van der Waals surface area (Å²) in [5, 5.41) is 2.72. The summed E-state index contributed by atoms with van der Waals surface area (Å²) in [6.07, 6.45) is 2.46. The summed E-state index contributed by atoms with van der Waals surface area (Å²) >= 11 is 3.32. The highest BCUT2D eigenvalue weighted by Crippen LogP contribution is 2.35. The number of carbonyl (C=O) groups is 2. The molecule has 1 heterocycles. The van der Waals surface area contributed by atoms with E-state index in [1.807, 2.05) is 6.92 Å². The number of benzene rings is 1. The molecule has 0 atom stereocenters. The zero-order valence-electron chi connectivity index (χ0n) is 14.5. The summed E-state index contributed by atoms with van der Waals surface area (Å²) in [4.78, 5) is 25.2. The first-order chi connectivity index (χ1) is 11.8. The third-order valence-corrected chi connectivity index (χ3v) is 6.86. The molecule has 0 aromatic heterocycles. The number of hydrogen-bond acceptors (Lipinski definition) is 4. The van der Waals surface area contributed by atoms with Gasteiger partial charge in [0.25, 0.3) is 0 Å². The van der Waals surface area contributed by atoms with Gasteiger partial charge in [0.15, 0.2) is 9.84 Å². The molecular weight excluding hydrogens is 408 g/mol. The highest BCUT2D eigenvalue weighted by Gasteiger charge is 2.27. The van der Waals surface area contributed by atoms with Crippen LogP contribution in [0.15, 0.2) is 21.5 Å². The van der Waals surface area contributed by atoms with Gasteiger partial charge in [0.2, 0.25) is 11.8 Å². The SMILES string of the molecule is CCCCNC(=O)CCS(=O)(=O)c1cc2c(cc1Br)CCN2C(C)=O. The second kappa shape index (κ2) is 8.31. The van der Waals surface area contributed by atoms with Crippen LogP contribution in [0.5, 0.6) is 0 Å². The van der Waals surface area contributed by atoms with Crippen molar-refractivity contribution < 1.29 is 18.0 Å². The van der Waals surface area contributed by atoms with E-state index in [-0.39, 0.29) is 28.9 Å². The van der Waals surface area contributed by atoms with Crippen LogP contribution in [0.4, 0.5) is 5.69 Å². The van der Waals surface area contributed by atoms with E-state index in [4.69, 9.17) is 0 Å². The van der Waals surface area contributed by atoms with E-state index in [9.17, 15) is 18.0 Å². The van der Waals surface area contributed by atoms with E-state index in [1.54, 1.807) is 11.0 Å². The standard InChI is InChI=1S/C17H23BrN2O4S/c1-3-4-7-19-17(22)6-9-25(23,24)16-11-15-13(10-14(16)18)5-8-20(15)12(2)21/h10-11H,3-9H2,1-2H3,(H,19,22). The first-order valence-electron chi connectivity index (χ1n) is 8.36. The van der Waals surface area contributed by atoms with Gasteiger partial charge in [0.05, 0.1) is 10.6 Å². The van der Waals surface area contributed by atoms with Gasteiger partial charge in [-0.3, -0.25) is 9.59 Å². The Hall–Kier alpha value is -1.41. The molecular formula is C17H23BrN2O4S. The molecule has 0 saturated heterocycles. The molecule has 1 N–H and O–H groups in total. The number of carbonyl (C=O) groups excluding carboxylic acids is 2. The van der Waals surface area contributed by atoms with Crippen molar-refractivity contribution in [3.63, 3.8) is 0 Å². The van der Waals surface area contributed by atoms with E-state index in [2.05, 4.69) is 21.2 Å². The van der Waals surface area contributed by atoms with Gasteiger partial charge in [-0.1, -0.05) is 13.3 Å². The molecule has 2 rings (SSSR count). The Labute approximate surface area is 157 Å². The number of rotatable bonds is 7. The second-order valence-corrected chi connectivity index (χ2v) is 9.04. The molecule has 1 aliphatic rings. The summed E-state index contributed by atoms with van der Waals surface area (Å²) in [6, 6.07) is 3.30. The van der Waals surface area contributed by atoms with Crippen LogP contribution in [0.2, 0.25) is 0 Å². The molecule has 1 aliphatic heterocycles. The lowest BCUT2D eigenvalue weighted by Crippen LogP contribution is -2.27. The third-order valence-electron chi connectivity index (χ3n) is 4.19. The molecule has 6 nitrogen and oxygen atoms in total. The molecule has 0 unspecified atom stereocenters. The summed E-state index contributed by atoms with van der Waals surface area (Å²) in [5.41, 5.74) is 1.58. The molecule has 1 aromatic carbocycles. The van der Waals surface area contributed by atoms with E-state index >= 15 is 0 Å². The summed E-state index contributed by atoms with van der Waals surface area (Å²) in [6.45, 7) is 4.60.